The number of rotatable bonds is 7. The van der Waals surface area contributed by atoms with E-state index >= 15 is 0 Å². The van der Waals surface area contributed by atoms with Gasteiger partial charge in [-0.05, 0) is 67.9 Å². The van der Waals surface area contributed by atoms with Gasteiger partial charge in [0.15, 0.2) is 0 Å². The van der Waals surface area contributed by atoms with E-state index in [1.54, 1.807) is 13.0 Å². The molecule has 0 radical (unpaired) electrons. The van der Waals surface area contributed by atoms with Crippen LogP contribution in [0.4, 0.5) is 17.6 Å². The number of nitrogens with one attached hydrogen (secondary N) is 1. The molecule has 4 rings (SSSR count). The zero-order chi connectivity index (χ0) is 27.8. The van der Waals surface area contributed by atoms with Crippen LogP contribution in [0.1, 0.15) is 40.0 Å². The van der Waals surface area contributed by atoms with E-state index in [2.05, 4.69) is 10.3 Å². The van der Waals surface area contributed by atoms with Gasteiger partial charge in [-0.1, -0.05) is 0 Å². The van der Waals surface area contributed by atoms with Crippen molar-refractivity contribution in [3.63, 3.8) is 0 Å². The lowest BCUT2D eigenvalue weighted by molar-refractivity contribution is -0.149. The Bertz CT molecular complexity index is 1390. The molecule has 1 aromatic heterocycles. The minimum Gasteiger partial charge on any atom is -0.496 e. The fraction of sp³-hybridized carbons (Fsp3) is 0.296. The van der Waals surface area contributed by atoms with Gasteiger partial charge in [0, 0.05) is 23.2 Å². The average molecular weight is 532 g/mol. The Morgan fingerprint density at radius 3 is 2.45 bits per heavy atom. The van der Waals surface area contributed by atoms with Crippen molar-refractivity contribution >= 4 is 11.8 Å². The first-order valence-corrected chi connectivity index (χ1v) is 11.6. The summed E-state index contributed by atoms with van der Waals surface area (Å²) >= 11 is 0. The van der Waals surface area contributed by atoms with E-state index in [0.717, 1.165) is 18.2 Å². The van der Waals surface area contributed by atoms with Gasteiger partial charge in [0.05, 0.1) is 12.8 Å². The topological polar surface area (TPSA) is 104 Å². The molecule has 0 spiro atoms. The van der Waals surface area contributed by atoms with Gasteiger partial charge in [0.25, 0.3) is 5.91 Å². The number of primary amides is 1. The van der Waals surface area contributed by atoms with Crippen LogP contribution in [0.2, 0.25) is 0 Å². The molecule has 1 unspecified atom stereocenters. The van der Waals surface area contributed by atoms with Gasteiger partial charge in [-0.3, -0.25) is 9.59 Å². The number of ether oxygens (including phenoxy) is 2. The molecule has 0 fully saturated rings. The van der Waals surface area contributed by atoms with Crippen molar-refractivity contribution in [2.24, 2.45) is 5.73 Å². The van der Waals surface area contributed by atoms with Crippen LogP contribution in [-0.4, -0.2) is 43.2 Å². The Hall–Kier alpha value is -4.15. The summed E-state index contributed by atoms with van der Waals surface area (Å²) in [4.78, 5) is 29.2. The molecule has 1 aliphatic heterocycles. The number of aromatic nitrogens is 1. The number of amides is 2. The highest BCUT2D eigenvalue weighted by molar-refractivity contribution is 5.94. The molecular formula is C27H25F4N3O4. The Kier molecular flexibility index (Phi) is 7.05. The number of nitrogens with two attached hydrogens (primary N) is 1. The minimum absolute atomic E-state index is 0.00818. The second kappa shape index (κ2) is 9.96. The number of aryl methyl sites for hydroxylation is 1. The molecular weight excluding hydrogens is 506 g/mol. The predicted molar refractivity (Wildman–Crippen MR) is 131 cm³/mol. The summed E-state index contributed by atoms with van der Waals surface area (Å²) in [5.74, 6) is -3.65. The third-order valence-corrected chi connectivity index (χ3v) is 6.63. The maximum atomic E-state index is 14.3. The van der Waals surface area contributed by atoms with Crippen LogP contribution in [0, 0.1) is 12.7 Å². The summed E-state index contributed by atoms with van der Waals surface area (Å²) in [6.07, 6.45) is -4.81. The lowest BCUT2D eigenvalue weighted by Crippen LogP contribution is -2.40. The smallest absolute Gasteiger partial charge is 0.398 e. The minimum atomic E-state index is -4.81. The molecule has 2 aromatic carbocycles. The fourth-order valence-electron chi connectivity index (χ4n) is 4.29. The van der Waals surface area contributed by atoms with Crippen LogP contribution in [0.25, 0.3) is 11.3 Å². The molecule has 7 nitrogen and oxygen atoms in total. The van der Waals surface area contributed by atoms with Gasteiger partial charge < -0.3 is 20.5 Å². The number of benzene rings is 2. The van der Waals surface area contributed by atoms with E-state index in [1.165, 1.54) is 38.3 Å². The first-order valence-electron chi connectivity index (χ1n) is 11.6. The van der Waals surface area contributed by atoms with Crippen molar-refractivity contribution in [2.75, 3.05) is 20.3 Å². The number of carbonyl (C=O) groups excluding carboxylic acids is 2. The predicted octanol–water partition coefficient (Wildman–Crippen LogP) is 4.42. The molecule has 11 heteroatoms. The highest BCUT2D eigenvalue weighted by Gasteiger charge is 2.47. The van der Waals surface area contributed by atoms with Crippen molar-refractivity contribution in [3.8, 4) is 22.8 Å². The number of halogens is 4. The van der Waals surface area contributed by atoms with Crippen molar-refractivity contribution in [2.45, 2.75) is 31.4 Å². The average Bonchev–Trinajstić information content (AvgIpc) is 3.21. The molecule has 0 aliphatic carbocycles. The number of fused-ring (bicyclic) bond motifs is 1. The van der Waals surface area contributed by atoms with Gasteiger partial charge in [-0.2, -0.15) is 13.2 Å². The number of carbonyl (C=O) groups is 2. The highest BCUT2D eigenvalue weighted by Crippen LogP contribution is 2.46. The number of pyridine rings is 1. The van der Waals surface area contributed by atoms with Gasteiger partial charge in [-0.25, -0.2) is 9.37 Å². The number of hydrogen-bond donors (Lipinski definition) is 2. The highest BCUT2D eigenvalue weighted by atomic mass is 19.4. The van der Waals surface area contributed by atoms with Crippen LogP contribution in [-0.2, 0) is 10.2 Å². The van der Waals surface area contributed by atoms with E-state index in [9.17, 15) is 27.2 Å². The second-order valence-corrected chi connectivity index (χ2v) is 9.25. The number of hydrogen-bond acceptors (Lipinski definition) is 5. The largest absolute Gasteiger partial charge is 0.496 e. The molecule has 200 valence electrons. The monoisotopic (exact) mass is 531 g/mol. The summed E-state index contributed by atoms with van der Waals surface area (Å²) in [6.45, 7) is 2.16. The summed E-state index contributed by atoms with van der Waals surface area (Å²) in [7, 11) is 1.47. The zero-order valence-electron chi connectivity index (χ0n) is 20.8. The van der Waals surface area contributed by atoms with Crippen molar-refractivity contribution in [1.29, 1.82) is 0 Å². The second-order valence-electron chi connectivity index (χ2n) is 9.25. The molecule has 1 aliphatic rings. The maximum absolute atomic E-state index is 14.3. The number of methoxy groups -OCH3 is 1. The quantitative estimate of drug-likeness (QED) is 0.440. The maximum Gasteiger partial charge on any atom is 0.398 e. The van der Waals surface area contributed by atoms with E-state index in [-0.39, 0.29) is 34.7 Å². The normalized spacial score (nSPS) is 17.3. The summed E-state index contributed by atoms with van der Waals surface area (Å²) in [6, 6.07) is 10.6. The summed E-state index contributed by atoms with van der Waals surface area (Å²) in [5, 5.41) is 2.33. The molecule has 2 amide bonds. The van der Waals surface area contributed by atoms with E-state index in [1.807, 2.05) is 0 Å². The van der Waals surface area contributed by atoms with Crippen LogP contribution < -0.4 is 20.5 Å². The summed E-state index contributed by atoms with van der Waals surface area (Å²) in [5.41, 5.74) is 4.96. The number of alkyl halides is 3. The lowest BCUT2D eigenvalue weighted by atomic mass is 9.82. The molecule has 38 heavy (non-hydrogen) atoms. The standard InChI is InChI=1S/C27H25F4N3O4/c1-14-10-16(6-9-21(14)37-3)24(35)33-12-19(27(29,30)31)20-11-18-23(38-13-26(18,2)25(32)36)22(34-20)15-4-7-17(28)8-5-15/h4-11,19H,12-13H2,1-3H3,(H2,32,36)(H,33,35)/t19?,26-/m0/s1. The first-order chi connectivity index (χ1) is 17.8. The van der Waals surface area contributed by atoms with E-state index in [0.29, 0.717) is 11.3 Å². The van der Waals surface area contributed by atoms with Crippen molar-refractivity contribution < 1.29 is 36.6 Å². The molecule has 2 heterocycles. The Morgan fingerprint density at radius 1 is 1.18 bits per heavy atom. The van der Waals surface area contributed by atoms with Gasteiger partial charge >= 0.3 is 6.18 Å². The lowest BCUT2D eigenvalue weighted by Gasteiger charge is -2.24. The van der Waals surface area contributed by atoms with Crippen LogP contribution >= 0.6 is 0 Å². The third-order valence-electron chi connectivity index (χ3n) is 6.63. The van der Waals surface area contributed by atoms with Crippen molar-refractivity contribution in [1.82, 2.24) is 10.3 Å². The van der Waals surface area contributed by atoms with Gasteiger partial charge in [-0.15, -0.1) is 0 Å². The molecule has 3 aromatic rings. The molecule has 0 bridgehead atoms. The Morgan fingerprint density at radius 2 is 1.87 bits per heavy atom. The van der Waals surface area contributed by atoms with E-state index in [4.69, 9.17) is 15.2 Å². The first kappa shape index (κ1) is 26.9. The van der Waals surface area contributed by atoms with Crippen LogP contribution in [0.3, 0.4) is 0 Å². The molecule has 0 saturated carbocycles. The molecule has 0 saturated heterocycles. The Balaban J connectivity index is 1.76. The number of nitrogens with zero attached hydrogens (tertiary/aromatic N) is 1. The van der Waals surface area contributed by atoms with Crippen LogP contribution in [0.15, 0.2) is 48.5 Å². The SMILES string of the molecule is COc1ccc(C(=O)NCC(c2cc3c(c(-c4ccc(F)cc4)n2)OC[C@]3(C)C(N)=O)C(F)(F)F)cc1C. The van der Waals surface area contributed by atoms with Crippen molar-refractivity contribution in [3.05, 3.63) is 76.7 Å². The van der Waals surface area contributed by atoms with Crippen LogP contribution in [0.5, 0.6) is 11.5 Å². The van der Waals surface area contributed by atoms with Gasteiger partial charge in [0.2, 0.25) is 5.91 Å². The molecule has 3 N–H and O–H groups in total. The fourth-order valence-corrected chi connectivity index (χ4v) is 4.29. The van der Waals surface area contributed by atoms with E-state index < -0.39 is 47.4 Å². The third kappa shape index (κ3) is 5.00. The summed E-state index contributed by atoms with van der Waals surface area (Å²) < 4.78 is 67.4. The zero-order valence-corrected chi connectivity index (χ0v) is 20.8. The van der Waals surface area contributed by atoms with Gasteiger partial charge in [0.1, 0.15) is 40.9 Å². The Labute approximate surface area is 216 Å². The molecule has 2 atom stereocenters.